The van der Waals surface area contributed by atoms with E-state index in [9.17, 15) is 18.0 Å². The summed E-state index contributed by atoms with van der Waals surface area (Å²) in [5.74, 6) is -2.01. The molecule has 1 saturated carbocycles. The normalized spacial score (nSPS) is 20.2. The molecule has 2 heterocycles. The average Bonchev–Trinajstić information content (AvgIpc) is 3.65. The molecule has 0 radical (unpaired) electrons. The molecule has 1 aromatic heterocycles. The molecule has 214 valence electrons. The second kappa shape index (κ2) is 12.0. The van der Waals surface area contributed by atoms with Crippen LogP contribution in [-0.2, 0) is 19.4 Å². The molecule has 0 spiro atoms. The number of aliphatic imine (C=N–C) groups is 1. The molecule has 2 aliphatic rings. The van der Waals surface area contributed by atoms with Gasteiger partial charge in [-0.1, -0.05) is 56.3 Å². The van der Waals surface area contributed by atoms with Crippen molar-refractivity contribution >= 4 is 54.5 Å². The van der Waals surface area contributed by atoms with Gasteiger partial charge in [-0.15, -0.1) is 11.3 Å². The van der Waals surface area contributed by atoms with Gasteiger partial charge in [0.05, 0.1) is 17.0 Å². The Labute approximate surface area is 242 Å². The first kappa shape index (κ1) is 28.8. The van der Waals surface area contributed by atoms with Gasteiger partial charge in [-0.2, -0.15) is 0 Å². The Morgan fingerprint density at radius 3 is 2.61 bits per heavy atom. The highest BCUT2D eigenvalue weighted by molar-refractivity contribution is 7.92. The van der Waals surface area contributed by atoms with Gasteiger partial charge in [-0.05, 0) is 48.1 Å². The van der Waals surface area contributed by atoms with E-state index in [0.29, 0.717) is 15.8 Å². The molecule has 8 nitrogen and oxygen atoms in total. The van der Waals surface area contributed by atoms with Gasteiger partial charge in [0.2, 0.25) is 11.8 Å². The van der Waals surface area contributed by atoms with Crippen molar-refractivity contribution in [1.29, 1.82) is 0 Å². The van der Waals surface area contributed by atoms with Gasteiger partial charge in [0.15, 0.2) is 20.9 Å². The maximum atomic E-state index is 15.4. The van der Waals surface area contributed by atoms with Crippen molar-refractivity contribution < 1.29 is 22.4 Å². The Kier molecular flexibility index (Phi) is 8.46. The maximum absolute atomic E-state index is 15.4. The number of halogens is 1. The van der Waals surface area contributed by atoms with Crippen LogP contribution in [0, 0.1) is 11.7 Å². The van der Waals surface area contributed by atoms with Crippen molar-refractivity contribution in [2.75, 3.05) is 12.3 Å². The van der Waals surface area contributed by atoms with E-state index >= 15 is 4.39 Å². The predicted molar refractivity (Wildman–Crippen MR) is 160 cm³/mol. The molecule has 2 atom stereocenters. The van der Waals surface area contributed by atoms with Gasteiger partial charge >= 0.3 is 0 Å². The van der Waals surface area contributed by atoms with Crippen molar-refractivity contribution in [2.45, 2.75) is 44.4 Å². The van der Waals surface area contributed by atoms with E-state index in [-0.39, 0.29) is 40.7 Å². The van der Waals surface area contributed by atoms with Crippen LogP contribution in [0.1, 0.15) is 54.5 Å². The number of nitrogens with one attached hydrogen (secondary N) is 2. The Bertz CT molecular complexity index is 1670. The number of amides is 2. The first-order chi connectivity index (χ1) is 19.7. The number of aromatic nitrogens is 1. The van der Waals surface area contributed by atoms with Gasteiger partial charge in [0.1, 0.15) is 10.5 Å². The zero-order chi connectivity index (χ0) is 29.1. The van der Waals surface area contributed by atoms with Crippen LogP contribution in [0.2, 0.25) is 0 Å². The number of rotatable bonds is 9. The van der Waals surface area contributed by atoms with Gasteiger partial charge in [0, 0.05) is 23.9 Å². The number of nitrogens with zero attached hydrogens (tertiary/aromatic N) is 2. The standard InChI is InChI=1S/C30H31FN4O4S2/c1-3-41(38,39)28(29(37)33-17-25(36)34-22-12-13-22)30-35-27-23(31)14-21(15-24(27)40-30)20-11-7-8-18(2)26(32-16-20)19-9-5-4-6-10-19/h4-7,9-11,14-16,18,22,28H,3,8,12-13,17H2,1-2H3,(H,33,37)(H,34,36)/b11-7+,20-16+,32-26?. The van der Waals surface area contributed by atoms with E-state index in [0.717, 1.165) is 41.9 Å². The number of thiazole rings is 1. The summed E-state index contributed by atoms with van der Waals surface area (Å²) in [6, 6.07) is 13.1. The monoisotopic (exact) mass is 594 g/mol. The lowest BCUT2D eigenvalue weighted by atomic mass is 9.93. The molecule has 11 heteroatoms. The fourth-order valence-corrected chi connectivity index (χ4v) is 7.29. The molecular formula is C30H31FN4O4S2. The van der Waals surface area contributed by atoms with Crippen molar-refractivity contribution in [3.8, 4) is 0 Å². The zero-order valence-corrected chi connectivity index (χ0v) is 24.4. The van der Waals surface area contributed by atoms with Gasteiger partial charge < -0.3 is 10.6 Å². The average molecular weight is 595 g/mol. The highest BCUT2D eigenvalue weighted by atomic mass is 32.2. The van der Waals surface area contributed by atoms with E-state index in [1.54, 1.807) is 12.3 Å². The lowest BCUT2D eigenvalue weighted by Crippen LogP contribution is -2.41. The van der Waals surface area contributed by atoms with Crippen LogP contribution < -0.4 is 10.6 Å². The highest BCUT2D eigenvalue weighted by Crippen LogP contribution is 2.35. The molecule has 2 aromatic carbocycles. The first-order valence-corrected chi connectivity index (χ1v) is 16.1. The summed E-state index contributed by atoms with van der Waals surface area (Å²) in [6.45, 7) is 3.19. The molecule has 0 bridgehead atoms. The summed E-state index contributed by atoms with van der Waals surface area (Å²) in [6.07, 6.45) is 8.17. The Balaban J connectivity index is 1.47. The fraction of sp³-hybridized carbons (Fsp3) is 0.333. The van der Waals surface area contributed by atoms with Crippen LogP contribution in [0.5, 0.6) is 0 Å². The van der Waals surface area contributed by atoms with Crippen LogP contribution in [-0.4, -0.2) is 49.3 Å². The molecule has 3 aromatic rings. The molecule has 41 heavy (non-hydrogen) atoms. The third-order valence-electron chi connectivity index (χ3n) is 7.05. The van der Waals surface area contributed by atoms with Crippen LogP contribution in [0.4, 0.5) is 4.39 Å². The molecule has 1 aliphatic heterocycles. The van der Waals surface area contributed by atoms with E-state index in [4.69, 9.17) is 4.99 Å². The molecule has 2 amide bonds. The van der Waals surface area contributed by atoms with Gasteiger partial charge in [0.25, 0.3) is 0 Å². The largest absolute Gasteiger partial charge is 0.352 e. The van der Waals surface area contributed by atoms with Gasteiger partial charge in [-0.25, -0.2) is 17.8 Å². The second-order valence-electron chi connectivity index (χ2n) is 10.3. The summed E-state index contributed by atoms with van der Waals surface area (Å²) < 4.78 is 41.7. The smallest absolute Gasteiger partial charge is 0.245 e. The van der Waals surface area contributed by atoms with Crippen molar-refractivity contribution in [3.63, 3.8) is 0 Å². The van der Waals surface area contributed by atoms with E-state index < -0.39 is 26.8 Å². The Morgan fingerprint density at radius 2 is 1.90 bits per heavy atom. The highest BCUT2D eigenvalue weighted by Gasteiger charge is 2.36. The number of hydrogen-bond donors (Lipinski definition) is 2. The number of hydrogen-bond acceptors (Lipinski definition) is 7. The molecule has 0 saturated heterocycles. The first-order valence-electron chi connectivity index (χ1n) is 13.5. The zero-order valence-electron chi connectivity index (χ0n) is 22.8. The number of carbonyl (C=O) groups excluding carboxylic acids is 2. The minimum absolute atomic E-state index is 0.0122. The van der Waals surface area contributed by atoms with Crippen LogP contribution in [0.15, 0.2) is 65.8 Å². The summed E-state index contributed by atoms with van der Waals surface area (Å²) in [7, 11) is -3.97. The van der Waals surface area contributed by atoms with E-state index in [2.05, 4.69) is 22.5 Å². The SMILES string of the molecule is CCS(=O)(=O)C(C(=O)NCC(=O)NC1CC1)c1nc2c(F)cc(C3=C/N=C(c4ccccc4)C(C)C\C=C\3)cc2s1. The molecule has 1 aliphatic carbocycles. The minimum Gasteiger partial charge on any atom is -0.352 e. The molecule has 2 N–H and O–H groups in total. The van der Waals surface area contributed by atoms with Crippen molar-refractivity contribution in [1.82, 2.24) is 15.6 Å². The lowest BCUT2D eigenvalue weighted by Gasteiger charge is -2.15. The Morgan fingerprint density at radius 1 is 1.15 bits per heavy atom. The minimum atomic E-state index is -3.97. The molecular weight excluding hydrogens is 563 g/mol. The third kappa shape index (κ3) is 6.62. The number of carbonyl (C=O) groups is 2. The van der Waals surface area contributed by atoms with Gasteiger partial charge in [-0.3, -0.25) is 14.6 Å². The fourth-order valence-electron chi connectivity index (χ4n) is 4.61. The van der Waals surface area contributed by atoms with E-state index in [1.807, 2.05) is 42.5 Å². The second-order valence-corrected chi connectivity index (χ2v) is 13.7. The summed E-state index contributed by atoms with van der Waals surface area (Å²) >= 11 is 0.952. The maximum Gasteiger partial charge on any atom is 0.245 e. The van der Waals surface area contributed by atoms with E-state index in [1.165, 1.54) is 13.0 Å². The molecule has 1 fully saturated rings. The number of sulfone groups is 1. The molecule has 5 rings (SSSR count). The van der Waals surface area contributed by atoms with Crippen molar-refractivity contribution in [2.24, 2.45) is 10.9 Å². The molecule has 2 unspecified atom stereocenters. The van der Waals surface area contributed by atoms with Crippen LogP contribution >= 0.6 is 11.3 Å². The number of allylic oxidation sites excluding steroid dienone is 3. The topological polar surface area (TPSA) is 118 Å². The van der Waals surface area contributed by atoms with Crippen LogP contribution in [0.3, 0.4) is 0 Å². The Hall–Kier alpha value is -3.70. The van der Waals surface area contributed by atoms with Crippen molar-refractivity contribution in [3.05, 3.63) is 82.8 Å². The third-order valence-corrected chi connectivity index (χ3v) is 10.2. The number of benzene rings is 2. The van der Waals surface area contributed by atoms with Crippen LogP contribution in [0.25, 0.3) is 15.8 Å². The number of fused-ring (bicyclic) bond motifs is 1. The summed E-state index contributed by atoms with van der Waals surface area (Å²) in [5, 5.41) is 3.47. The summed E-state index contributed by atoms with van der Waals surface area (Å²) in [4.78, 5) is 34.1. The lowest BCUT2D eigenvalue weighted by molar-refractivity contribution is -0.126. The quantitative estimate of drug-likeness (QED) is 0.371. The summed E-state index contributed by atoms with van der Waals surface area (Å²) in [5.41, 5.74) is 3.19. The predicted octanol–water partition coefficient (Wildman–Crippen LogP) is 4.73.